The van der Waals surface area contributed by atoms with Gasteiger partial charge in [-0.15, -0.1) is 0 Å². The molecule has 0 atom stereocenters. The van der Waals surface area contributed by atoms with Crippen LogP contribution in [0.15, 0.2) is 78.9 Å². The third kappa shape index (κ3) is 5.19. The van der Waals surface area contributed by atoms with Gasteiger partial charge >= 0.3 is 5.97 Å². The first-order chi connectivity index (χ1) is 13.1. The molecule has 0 fully saturated rings. The predicted octanol–water partition coefficient (Wildman–Crippen LogP) is 3.99. The van der Waals surface area contributed by atoms with Gasteiger partial charge in [0.15, 0.2) is 5.78 Å². The van der Waals surface area contributed by atoms with Gasteiger partial charge in [-0.1, -0.05) is 42.5 Å². The molecule has 0 aliphatic heterocycles. The van der Waals surface area contributed by atoms with Crippen LogP contribution in [-0.2, 0) is 11.4 Å². The molecule has 0 aromatic heterocycles. The summed E-state index contributed by atoms with van der Waals surface area (Å²) in [5.41, 5.74) is 2.97. The lowest BCUT2D eigenvalue weighted by atomic mass is 10.0. The van der Waals surface area contributed by atoms with Crippen molar-refractivity contribution in [3.05, 3.63) is 95.6 Å². The quantitative estimate of drug-likeness (QED) is 0.593. The van der Waals surface area contributed by atoms with Crippen molar-refractivity contribution in [1.29, 1.82) is 0 Å². The highest BCUT2D eigenvalue weighted by Crippen LogP contribution is 2.17. The number of carbonyl (C=O) groups excluding carboxylic acids is 1. The lowest BCUT2D eigenvalue weighted by molar-refractivity contribution is -0.134. The van der Waals surface area contributed by atoms with E-state index in [1.807, 2.05) is 42.5 Å². The van der Waals surface area contributed by atoms with Crippen LogP contribution in [0.25, 0.3) is 0 Å². The Morgan fingerprint density at radius 2 is 1.44 bits per heavy atom. The van der Waals surface area contributed by atoms with Gasteiger partial charge in [0, 0.05) is 16.8 Å². The van der Waals surface area contributed by atoms with E-state index in [9.17, 15) is 9.59 Å². The number of aliphatic carboxylic acids is 1. The molecule has 3 rings (SSSR count). The molecule has 0 aliphatic rings. The summed E-state index contributed by atoms with van der Waals surface area (Å²) in [5, 5.41) is 11.5. The van der Waals surface area contributed by atoms with Crippen LogP contribution >= 0.6 is 0 Å². The zero-order valence-electron chi connectivity index (χ0n) is 14.6. The van der Waals surface area contributed by atoms with E-state index >= 15 is 0 Å². The van der Waals surface area contributed by atoms with E-state index in [1.165, 1.54) is 0 Å². The summed E-state index contributed by atoms with van der Waals surface area (Å²) in [6, 6.07) is 23.6. The van der Waals surface area contributed by atoms with Crippen molar-refractivity contribution < 1.29 is 19.4 Å². The summed E-state index contributed by atoms with van der Waals surface area (Å²) in [7, 11) is 0. The van der Waals surface area contributed by atoms with Crippen molar-refractivity contribution in [3.63, 3.8) is 0 Å². The number of ether oxygens (including phenoxy) is 1. The van der Waals surface area contributed by atoms with Crippen molar-refractivity contribution >= 4 is 17.4 Å². The number of carbonyl (C=O) groups is 2. The first kappa shape index (κ1) is 18.2. The molecule has 0 heterocycles. The molecule has 0 unspecified atom stereocenters. The summed E-state index contributed by atoms with van der Waals surface area (Å²) in [6.07, 6.45) is 0. The Bertz CT molecular complexity index is 903. The van der Waals surface area contributed by atoms with Crippen LogP contribution in [0, 0.1) is 0 Å². The minimum Gasteiger partial charge on any atom is -0.489 e. The van der Waals surface area contributed by atoms with Crippen molar-refractivity contribution in [1.82, 2.24) is 0 Å². The first-order valence-corrected chi connectivity index (χ1v) is 8.49. The van der Waals surface area contributed by atoms with E-state index < -0.39 is 5.97 Å². The molecule has 27 heavy (non-hydrogen) atoms. The molecule has 3 aromatic rings. The van der Waals surface area contributed by atoms with Gasteiger partial charge < -0.3 is 15.2 Å². The minimum atomic E-state index is -0.906. The van der Waals surface area contributed by atoms with Gasteiger partial charge in [-0.05, 0) is 42.0 Å². The highest BCUT2D eigenvalue weighted by Gasteiger charge is 2.08. The summed E-state index contributed by atoms with van der Waals surface area (Å²) in [4.78, 5) is 22.9. The van der Waals surface area contributed by atoms with Gasteiger partial charge in [-0.3, -0.25) is 9.59 Å². The standard InChI is InChI=1S/C22H19NO4/c24-21(25)14-23-19-10-6-16(7-11-19)15-27-20-12-8-18(9-13-20)22(26)17-4-2-1-3-5-17/h1-13,23H,14-15H2,(H,24,25). The maximum atomic E-state index is 12.4. The molecule has 0 saturated carbocycles. The SMILES string of the molecule is O=C(O)CNc1ccc(COc2ccc(C(=O)c3ccccc3)cc2)cc1. The number of nitrogens with one attached hydrogen (secondary N) is 1. The fourth-order valence-corrected chi connectivity index (χ4v) is 2.52. The summed E-state index contributed by atoms with van der Waals surface area (Å²) in [6.45, 7) is 0.259. The molecule has 0 saturated heterocycles. The lowest BCUT2D eigenvalue weighted by Crippen LogP contribution is -2.12. The molecule has 2 N–H and O–H groups in total. The number of rotatable bonds is 8. The van der Waals surface area contributed by atoms with Crippen LogP contribution < -0.4 is 10.1 Å². The van der Waals surface area contributed by atoms with E-state index in [1.54, 1.807) is 36.4 Å². The van der Waals surface area contributed by atoms with Gasteiger partial charge in [0.1, 0.15) is 18.9 Å². The Balaban J connectivity index is 1.56. The number of anilines is 1. The summed E-state index contributed by atoms with van der Waals surface area (Å²) in [5.74, 6) is -0.254. The molecule has 0 bridgehead atoms. The Morgan fingerprint density at radius 3 is 2.07 bits per heavy atom. The number of ketones is 1. The Hall–Kier alpha value is -3.60. The third-order valence-electron chi connectivity index (χ3n) is 3.96. The fourth-order valence-electron chi connectivity index (χ4n) is 2.52. The average molecular weight is 361 g/mol. The van der Waals surface area contributed by atoms with Gasteiger partial charge in [0.25, 0.3) is 0 Å². The number of hydrogen-bond acceptors (Lipinski definition) is 4. The molecule has 0 aliphatic carbocycles. The highest BCUT2D eigenvalue weighted by molar-refractivity contribution is 6.08. The second-order valence-corrected chi connectivity index (χ2v) is 5.95. The van der Waals surface area contributed by atoms with Crippen molar-refractivity contribution in [3.8, 4) is 5.75 Å². The zero-order valence-corrected chi connectivity index (χ0v) is 14.6. The molecule has 0 spiro atoms. The van der Waals surface area contributed by atoms with Crippen molar-refractivity contribution in [2.45, 2.75) is 6.61 Å². The van der Waals surface area contributed by atoms with Crippen LogP contribution in [0.2, 0.25) is 0 Å². The number of hydrogen-bond donors (Lipinski definition) is 2. The van der Waals surface area contributed by atoms with Gasteiger partial charge in [-0.25, -0.2) is 0 Å². The number of carboxylic acid groups (broad SMARTS) is 1. The molecule has 5 nitrogen and oxygen atoms in total. The molecule has 5 heteroatoms. The highest BCUT2D eigenvalue weighted by atomic mass is 16.5. The summed E-state index contributed by atoms with van der Waals surface area (Å²) >= 11 is 0. The molecule has 3 aromatic carbocycles. The smallest absolute Gasteiger partial charge is 0.322 e. The van der Waals surface area contributed by atoms with E-state index in [0.717, 1.165) is 11.3 Å². The van der Waals surface area contributed by atoms with Gasteiger partial charge in [-0.2, -0.15) is 0 Å². The molecule has 0 radical (unpaired) electrons. The van der Waals surface area contributed by atoms with Crippen LogP contribution in [0.4, 0.5) is 5.69 Å². The van der Waals surface area contributed by atoms with E-state index in [4.69, 9.17) is 9.84 Å². The number of carboxylic acids is 1. The first-order valence-electron chi connectivity index (χ1n) is 8.49. The van der Waals surface area contributed by atoms with E-state index in [2.05, 4.69) is 5.32 Å². The van der Waals surface area contributed by atoms with Crippen molar-refractivity contribution in [2.75, 3.05) is 11.9 Å². The average Bonchev–Trinajstić information content (AvgIpc) is 2.72. The maximum absolute atomic E-state index is 12.4. The van der Waals surface area contributed by atoms with Gasteiger partial charge in [0.2, 0.25) is 0 Å². The van der Waals surface area contributed by atoms with Crippen LogP contribution in [0.5, 0.6) is 5.75 Å². The zero-order chi connectivity index (χ0) is 19.1. The number of benzene rings is 3. The third-order valence-corrected chi connectivity index (χ3v) is 3.96. The minimum absolute atomic E-state index is 0.0217. The second-order valence-electron chi connectivity index (χ2n) is 5.95. The predicted molar refractivity (Wildman–Crippen MR) is 103 cm³/mol. The Labute approximate surface area is 157 Å². The van der Waals surface area contributed by atoms with Crippen LogP contribution in [-0.4, -0.2) is 23.4 Å². The van der Waals surface area contributed by atoms with Crippen molar-refractivity contribution in [2.24, 2.45) is 0 Å². The normalized spacial score (nSPS) is 10.2. The van der Waals surface area contributed by atoms with Crippen LogP contribution in [0.3, 0.4) is 0 Å². The molecular weight excluding hydrogens is 342 g/mol. The van der Waals surface area contributed by atoms with Gasteiger partial charge in [0.05, 0.1) is 0 Å². The molecular formula is C22H19NO4. The second kappa shape index (κ2) is 8.67. The maximum Gasteiger partial charge on any atom is 0.322 e. The molecule has 0 amide bonds. The lowest BCUT2D eigenvalue weighted by Gasteiger charge is -2.09. The van der Waals surface area contributed by atoms with E-state index in [0.29, 0.717) is 23.5 Å². The Morgan fingerprint density at radius 1 is 0.815 bits per heavy atom. The molecule has 136 valence electrons. The fraction of sp³-hybridized carbons (Fsp3) is 0.0909. The monoisotopic (exact) mass is 361 g/mol. The van der Waals surface area contributed by atoms with E-state index in [-0.39, 0.29) is 12.3 Å². The van der Waals surface area contributed by atoms with Crippen LogP contribution in [0.1, 0.15) is 21.5 Å². The largest absolute Gasteiger partial charge is 0.489 e. The Kier molecular flexibility index (Phi) is 5.84. The summed E-state index contributed by atoms with van der Waals surface area (Å²) < 4.78 is 5.74. The topological polar surface area (TPSA) is 75.6 Å².